The minimum Gasteiger partial charge on any atom is -2.00 e. The van der Waals surface area contributed by atoms with Crippen LogP contribution >= 0.6 is 0 Å². The molecule has 0 heterocycles. The van der Waals surface area contributed by atoms with E-state index in [4.69, 9.17) is 14.1 Å². The molecule has 0 aliphatic carbocycles. The molecule has 0 rings (SSSR count). The smallest absolute Gasteiger partial charge is 2.00 e. The molecule has 5 nitrogen and oxygen atoms in total. The molecule has 0 unspecified atom stereocenters. The third kappa shape index (κ3) is 89.3. The van der Waals surface area contributed by atoms with Gasteiger partial charge in [0.25, 0.3) is 0 Å². The molecular weight excluding hydrogens is 228 g/mol. The third-order valence-corrected chi connectivity index (χ3v) is 0. The fourth-order valence-corrected chi connectivity index (χ4v) is 0. The van der Waals surface area contributed by atoms with Crippen molar-refractivity contribution in [3.63, 3.8) is 0 Å². The average Bonchev–Trinajstić information content (AvgIpc) is 0.811. The van der Waals surface area contributed by atoms with Gasteiger partial charge in [-0.25, -0.2) is 0 Å². The van der Waals surface area contributed by atoms with Crippen molar-refractivity contribution in [2.24, 2.45) is 0 Å². The topological polar surface area (TPSA) is 120 Å². The van der Waals surface area contributed by atoms with Crippen molar-refractivity contribution in [2.45, 2.75) is 0 Å². The van der Waals surface area contributed by atoms with Gasteiger partial charge in [-0.15, -0.1) is 0 Å². The first-order valence-electron chi connectivity index (χ1n) is 0.612. The van der Waals surface area contributed by atoms with Gasteiger partial charge >= 0.3 is 113 Å². The molecule has 0 aliphatic rings. The summed E-state index contributed by atoms with van der Waals surface area (Å²) in [4.78, 5) is 17.0. The zero-order valence-electron chi connectivity index (χ0n) is 4.66. The summed E-state index contributed by atoms with van der Waals surface area (Å²) in [5.74, 6) is 0. The van der Waals surface area contributed by atoms with E-state index >= 15 is 0 Å². The van der Waals surface area contributed by atoms with Crippen LogP contribution in [-0.2, 0) is 15.4 Å². The molecule has 0 aromatic carbocycles. The second kappa shape index (κ2) is 30.2. The van der Waals surface area contributed by atoms with Crippen LogP contribution in [0.25, 0.3) is 0 Å². The minimum absolute atomic E-state index is 0. The van der Waals surface area contributed by atoms with E-state index in [0.29, 0.717) is 0 Å². The molecule has 0 aromatic heterocycles. The molecule has 0 aliphatic heterocycles. The van der Waals surface area contributed by atoms with Crippen molar-refractivity contribution >= 4 is 122 Å². The first-order chi connectivity index (χ1) is 1.73. The van der Waals surface area contributed by atoms with Gasteiger partial charge in [-0.1, -0.05) is 0 Å². The Kier molecular flexibility index (Phi) is 133. The van der Waals surface area contributed by atoms with Gasteiger partial charge in [0.15, 0.2) is 0 Å². The third-order valence-electron chi connectivity index (χ3n) is 0. The molecule has 0 amide bonds. The van der Waals surface area contributed by atoms with Gasteiger partial charge in [-0.05, 0) is 0 Å². The van der Waals surface area contributed by atoms with Crippen molar-refractivity contribution in [3.8, 4) is 0 Å². The van der Waals surface area contributed by atoms with E-state index in [1.165, 1.54) is 0 Å². The summed E-state index contributed by atoms with van der Waals surface area (Å²) in [5.41, 5.74) is 0. The van der Waals surface area contributed by atoms with Crippen molar-refractivity contribution in [2.75, 3.05) is 0 Å². The van der Waals surface area contributed by atoms with Gasteiger partial charge in [0.2, 0.25) is 0 Å². The van der Waals surface area contributed by atoms with Crippen LogP contribution in [0.3, 0.4) is 0 Å². The van der Waals surface area contributed by atoms with E-state index in [1.807, 2.05) is 0 Å². The van der Waals surface area contributed by atoms with Crippen molar-refractivity contribution in [3.05, 3.63) is 0 Å². The minimum atomic E-state index is -3.63. The van der Waals surface area contributed by atoms with Gasteiger partial charge in [0, 0.05) is 9.17 Å². The Labute approximate surface area is 144 Å². The van der Waals surface area contributed by atoms with Crippen LogP contribution in [0.1, 0.15) is 0 Å². The molecular formula is Ca3O5Si. The molecule has 0 bridgehead atoms. The summed E-state index contributed by atoms with van der Waals surface area (Å²) in [6.07, 6.45) is 0. The van der Waals surface area contributed by atoms with Crippen molar-refractivity contribution in [1.82, 2.24) is 0 Å². The Balaban J connectivity index is -0.00000000450. The fourth-order valence-electron chi connectivity index (χ4n) is 0. The number of hydrogen-bond donors (Lipinski definition) is 0. The normalized spacial score (nSPS) is 2.67. The first kappa shape index (κ1) is 39.5. The van der Waals surface area contributed by atoms with Crippen LogP contribution in [0.5, 0.6) is 0 Å². The SMILES string of the molecule is O=[Si]([O-])[O-].[Ca+2].[Ca+2].[Ca+2].[O-2].[O-2]. The Morgan fingerprint density at radius 1 is 0.889 bits per heavy atom. The van der Waals surface area contributed by atoms with Gasteiger partial charge in [0.05, 0.1) is 0 Å². The molecule has 0 saturated carbocycles. The maximum Gasteiger partial charge on any atom is 2.00 e. The van der Waals surface area contributed by atoms with E-state index in [1.54, 1.807) is 0 Å². The number of rotatable bonds is 0. The van der Waals surface area contributed by atoms with Crippen LogP contribution in [0, 0.1) is 0 Å². The summed E-state index contributed by atoms with van der Waals surface area (Å²) in [5, 5.41) is 0. The monoisotopic (exact) mass is 228 g/mol. The van der Waals surface area contributed by atoms with E-state index < -0.39 is 9.17 Å². The predicted molar refractivity (Wildman–Crippen MR) is 25.1 cm³/mol. The molecule has 0 radical (unpaired) electrons. The van der Waals surface area contributed by atoms with Gasteiger partial charge in [-0.2, -0.15) is 0 Å². The van der Waals surface area contributed by atoms with E-state index in [0.717, 1.165) is 0 Å². The second-order valence-corrected chi connectivity index (χ2v) is 0.750. The molecule has 0 fully saturated rings. The Bertz CT molecular complexity index is 35.2. The predicted octanol–water partition coefficient (Wildman–Crippen LogP) is -4.26. The fraction of sp³-hybridized carbons (Fsp3) is 0. The molecule has 9 heteroatoms. The van der Waals surface area contributed by atoms with Gasteiger partial charge < -0.3 is 25.0 Å². The largest absolute Gasteiger partial charge is 2.00 e. The van der Waals surface area contributed by atoms with Crippen molar-refractivity contribution < 1.29 is 25.0 Å². The maximum absolute atomic E-state index is 8.52. The molecule has 0 atom stereocenters. The van der Waals surface area contributed by atoms with Gasteiger partial charge in [-0.3, -0.25) is 0 Å². The zero-order valence-corrected chi connectivity index (χ0v) is 12.3. The molecule has 0 saturated heterocycles. The summed E-state index contributed by atoms with van der Waals surface area (Å²) in [6.45, 7) is 0. The maximum atomic E-state index is 8.52. The second-order valence-electron chi connectivity index (χ2n) is 0.250. The Morgan fingerprint density at radius 3 is 0.889 bits per heavy atom. The van der Waals surface area contributed by atoms with Crippen LogP contribution in [0.4, 0.5) is 0 Å². The summed E-state index contributed by atoms with van der Waals surface area (Å²) in [6, 6.07) is 0. The van der Waals surface area contributed by atoms with Crippen LogP contribution < -0.4 is 9.59 Å². The quantitative estimate of drug-likeness (QED) is 0.390. The van der Waals surface area contributed by atoms with E-state index in [2.05, 4.69) is 0 Å². The average molecular weight is 228 g/mol. The van der Waals surface area contributed by atoms with Crippen LogP contribution in [0.15, 0.2) is 0 Å². The summed E-state index contributed by atoms with van der Waals surface area (Å²) >= 11 is 0. The van der Waals surface area contributed by atoms with Crippen LogP contribution in [-0.4, -0.2) is 122 Å². The molecule has 0 spiro atoms. The zero-order chi connectivity index (χ0) is 3.58. The molecule has 40 valence electrons. The Morgan fingerprint density at radius 2 is 0.889 bits per heavy atom. The molecule has 0 aromatic rings. The standard InChI is InChI=1S/3Ca.O3Si.2O/c;;;1-4(2)3;;/q3*+2;3*-2. The van der Waals surface area contributed by atoms with Crippen molar-refractivity contribution in [1.29, 1.82) is 0 Å². The first-order valence-corrected chi connectivity index (χ1v) is 1.84. The van der Waals surface area contributed by atoms with E-state index in [9.17, 15) is 0 Å². The molecule has 0 N–H and O–H groups in total. The van der Waals surface area contributed by atoms with Crippen LogP contribution in [0.2, 0.25) is 0 Å². The Hall–Kier alpha value is 3.32. The molecule has 9 heavy (non-hydrogen) atoms. The summed E-state index contributed by atoms with van der Waals surface area (Å²) < 4.78 is 8.52. The number of hydrogen-bond acceptors (Lipinski definition) is 3. The van der Waals surface area contributed by atoms with E-state index in [-0.39, 0.29) is 124 Å². The van der Waals surface area contributed by atoms with Gasteiger partial charge in [0.1, 0.15) is 0 Å². The summed E-state index contributed by atoms with van der Waals surface area (Å²) in [7, 11) is -3.63.